The Balaban J connectivity index is 3.44. The lowest BCUT2D eigenvalue weighted by atomic mass is 9.79. The summed E-state index contributed by atoms with van der Waals surface area (Å²) >= 11 is 0. The van der Waals surface area contributed by atoms with Crippen molar-refractivity contribution in [2.24, 2.45) is 0 Å². The standard InChI is InChI=1S/C15H22O3/c1-14(2,3)10-7-8-12(15(4,5)6)11(9-10)13(16)18-17/h7-9,17H,1-6H3. The first-order chi connectivity index (χ1) is 8.07. The van der Waals surface area contributed by atoms with E-state index in [1.165, 1.54) is 0 Å². The van der Waals surface area contributed by atoms with Crippen LogP contribution in [0.5, 0.6) is 0 Å². The molecule has 0 aromatic heterocycles. The molecule has 0 aliphatic carbocycles. The molecule has 0 amide bonds. The zero-order valence-electron chi connectivity index (χ0n) is 12.0. The number of carbonyl (C=O) groups is 1. The van der Waals surface area contributed by atoms with Gasteiger partial charge in [0.25, 0.3) is 0 Å². The van der Waals surface area contributed by atoms with Gasteiger partial charge in [0.2, 0.25) is 0 Å². The highest BCUT2D eigenvalue weighted by Gasteiger charge is 2.25. The first kappa shape index (κ1) is 14.7. The Labute approximate surface area is 109 Å². The molecule has 0 bridgehead atoms. The fourth-order valence-corrected chi connectivity index (χ4v) is 1.88. The van der Waals surface area contributed by atoms with Crippen LogP contribution in [0.1, 0.15) is 63.0 Å². The van der Waals surface area contributed by atoms with Crippen molar-refractivity contribution < 1.29 is 14.9 Å². The molecule has 1 aromatic rings. The van der Waals surface area contributed by atoms with E-state index >= 15 is 0 Å². The molecule has 0 unspecified atom stereocenters. The molecule has 0 atom stereocenters. The summed E-state index contributed by atoms with van der Waals surface area (Å²) in [4.78, 5) is 15.6. The van der Waals surface area contributed by atoms with E-state index in [9.17, 15) is 4.79 Å². The average molecular weight is 250 g/mol. The van der Waals surface area contributed by atoms with Crippen LogP contribution in [0, 0.1) is 0 Å². The summed E-state index contributed by atoms with van der Waals surface area (Å²) in [6, 6.07) is 5.76. The van der Waals surface area contributed by atoms with Gasteiger partial charge in [-0.2, -0.15) is 5.26 Å². The Hall–Kier alpha value is -1.35. The highest BCUT2D eigenvalue weighted by Crippen LogP contribution is 2.31. The van der Waals surface area contributed by atoms with Crippen LogP contribution in [0.4, 0.5) is 0 Å². The third-order valence-electron chi connectivity index (χ3n) is 3.00. The van der Waals surface area contributed by atoms with Crippen molar-refractivity contribution in [3.8, 4) is 0 Å². The molecule has 3 heteroatoms. The highest BCUT2D eigenvalue weighted by molar-refractivity contribution is 5.91. The Morgan fingerprint density at radius 2 is 1.61 bits per heavy atom. The summed E-state index contributed by atoms with van der Waals surface area (Å²) in [5.41, 5.74) is 2.10. The topological polar surface area (TPSA) is 46.5 Å². The first-order valence-corrected chi connectivity index (χ1v) is 6.08. The molecule has 0 saturated heterocycles. The monoisotopic (exact) mass is 250 g/mol. The number of hydrogen-bond acceptors (Lipinski definition) is 3. The Morgan fingerprint density at radius 3 is 2.00 bits per heavy atom. The molecular weight excluding hydrogens is 228 g/mol. The van der Waals surface area contributed by atoms with Crippen molar-refractivity contribution in [3.63, 3.8) is 0 Å². The fraction of sp³-hybridized carbons (Fsp3) is 0.533. The summed E-state index contributed by atoms with van der Waals surface area (Å²) in [5, 5.41) is 8.62. The van der Waals surface area contributed by atoms with Gasteiger partial charge in [0, 0.05) is 0 Å². The zero-order valence-corrected chi connectivity index (χ0v) is 12.0. The van der Waals surface area contributed by atoms with Crippen LogP contribution in [0.2, 0.25) is 0 Å². The molecule has 100 valence electrons. The van der Waals surface area contributed by atoms with Crippen LogP contribution in [-0.2, 0) is 15.7 Å². The molecule has 0 aliphatic rings. The molecule has 3 nitrogen and oxygen atoms in total. The SMILES string of the molecule is CC(C)(C)c1ccc(C(C)(C)C)c(C(=O)OO)c1. The van der Waals surface area contributed by atoms with E-state index in [1.54, 1.807) is 6.07 Å². The minimum Gasteiger partial charge on any atom is -0.295 e. The van der Waals surface area contributed by atoms with E-state index in [0.717, 1.165) is 11.1 Å². The first-order valence-electron chi connectivity index (χ1n) is 6.08. The lowest BCUT2D eigenvalue weighted by molar-refractivity contribution is -0.182. The van der Waals surface area contributed by atoms with Gasteiger partial charge in [0.05, 0.1) is 5.56 Å². The average Bonchev–Trinajstić information content (AvgIpc) is 2.24. The summed E-state index contributed by atoms with van der Waals surface area (Å²) < 4.78 is 0. The fourth-order valence-electron chi connectivity index (χ4n) is 1.88. The van der Waals surface area contributed by atoms with Gasteiger partial charge in [-0.3, -0.25) is 4.89 Å². The summed E-state index contributed by atoms with van der Waals surface area (Å²) in [6.07, 6.45) is 0. The van der Waals surface area contributed by atoms with Gasteiger partial charge in [-0.1, -0.05) is 53.7 Å². The van der Waals surface area contributed by atoms with Gasteiger partial charge in [-0.15, -0.1) is 0 Å². The van der Waals surface area contributed by atoms with Crippen LogP contribution in [0.15, 0.2) is 18.2 Å². The second kappa shape index (κ2) is 4.73. The number of rotatable bonds is 1. The largest absolute Gasteiger partial charge is 0.373 e. The maximum absolute atomic E-state index is 11.7. The van der Waals surface area contributed by atoms with Crippen molar-refractivity contribution in [3.05, 3.63) is 34.9 Å². The lowest BCUT2D eigenvalue weighted by Gasteiger charge is -2.25. The van der Waals surface area contributed by atoms with Crippen molar-refractivity contribution in [2.45, 2.75) is 52.4 Å². The molecule has 0 radical (unpaired) electrons. The van der Waals surface area contributed by atoms with Crippen LogP contribution < -0.4 is 0 Å². The smallest absolute Gasteiger partial charge is 0.295 e. The number of carbonyl (C=O) groups excluding carboxylic acids is 1. The van der Waals surface area contributed by atoms with E-state index in [0.29, 0.717) is 5.56 Å². The van der Waals surface area contributed by atoms with Crippen LogP contribution in [-0.4, -0.2) is 11.2 Å². The molecule has 0 heterocycles. The number of hydrogen-bond donors (Lipinski definition) is 1. The van der Waals surface area contributed by atoms with Gasteiger partial charge >= 0.3 is 5.97 Å². The minimum absolute atomic E-state index is 0.0547. The molecule has 1 rings (SSSR count). The highest BCUT2D eigenvalue weighted by atomic mass is 17.1. The predicted octanol–water partition coefficient (Wildman–Crippen LogP) is 3.91. The van der Waals surface area contributed by atoms with Crippen LogP contribution >= 0.6 is 0 Å². The van der Waals surface area contributed by atoms with Crippen LogP contribution in [0.25, 0.3) is 0 Å². The molecule has 0 spiro atoms. The van der Waals surface area contributed by atoms with E-state index in [1.807, 2.05) is 32.9 Å². The molecule has 18 heavy (non-hydrogen) atoms. The number of benzene rings is 1. The molecule has 1 N–H and O–H groups in total. The Morgan fingerprint density at radius 1 is 1.06 bits per heavy atom. The molecule has 0 aliphatic heterocycles. The maximum atomic E-state index is 11.7. The maximum Gasteiger partial charge on any atom is 0.373 e. The Bertz CT molecular complexity index is 448. The molecular formula is C15H22O3. The van der Waals surface area contributed by atoms with Gasteiger partial charge in [-0.25, -0.2) is 4.79 Å². The van der Waals surface area contributed by atoms with Crippen molar-refractivity contribution in [1.29, 1.82) is 0 Å². The molecule has 0 fully saturated rings. The zero-order chi connectivity index (χ0) is 14.1. The van der Waals surface area contributed by atoms with E-state index in [-0.39, 0.29) is 10.8 Å². The Kier molecular flexibility index (Phi) is 3.86. The van der Waals surface area contributed by atoms with Gasteiger partial charge in [0.1, 0.15) is 0 Å². The third kappa shape index (κ3) is 3.10. The van der Waals surface area contributed by atoms with E-state index in [2.05, 4.69) is 25.7 Å². The van der Waals surface area contributed by atoms with Crippen molar-refractivity contribution >= 4 is 5.97 Å². The second-order valence-corrected chi connectivity index (χ2v) is 6.64. The summed E-state index contributed by atoms with van der Waals surface area (Å²) in [6.45, 7) is 12.3. The van der Waals surface area contributed by atoms with E-state index in [4.69, 9.17) is 5.26 Å². The second-order valence-electron chi connectivity index (χ2n) is 6.64. The minimum atomic E-state index is -0.703. The summed E-state index contributed by atoms with van der Waals surface area (Å²) in [5.74, 6) is -0.703. The van der Waals surface area contributed by atoms with Gasteiger partial charge < -0.3 is 0 Å². The van der Waals surface area contributed by atoms with Gasteiger partial charge in [-0.05, 0) is 28.0 Å². The van der Waals surface area contributed by atoms with Crippen LogP contribution in [0.3, 0.4) is 0 Å². The van der Waals surface area contributed by atoms with Gasteiger partial charge in [0.15, 0.2) is 0 Å². The summed E-state index contributed by atoms with van der Waals surface area (Å²) in [7, 11) is 0. The van der Waals surface area contributed by atoms with Crippen molar-refractivity contribution in [1.82, 2.24) is 0 Å². The lowest BCUT2D eigenvalue weighted by Crippen LogP contribution is -2.20. The molecule has 0 saturated carbocycles. The predicted molar refractivity (Wildman–Crippen MR) is 71.9 cm³/mol. The normalized spacial score (nSPS) is 12.4. The molecule has 1 aromatic carbocycles. The quantitative estimate of drug-likeness (QED) is 0.607. The van der Waals surface area contributed by atoms with E-state index < -0.39 is 5.97 Å². The third-order valence-corrected chi connectivity index (χ3v) is 3.00. The van der Waals surface area contributed by atoms with Crippen molar-refractivity contribution in [2.75, 3.05) is 0 Å².